The van der Waals surface area contributed by atoms with Gasteiger partial charge in [-0.25, -0.2) is 22.9 Å². The number of nitrogens with one attached hydrogen (secondary N) is 2. The number of pyridine rings is 1. The molecule has 1 saturated carbocycles. The third-order valence-electron chi connectivity index (χ3n) is 7.54. The summed E-state index contributed by atoms with van der Waals surface area (Å²) in [5.41, 5.74) is 2.42. The number of ether oxygens (including phenoxy) is 2. The highest BCUT2D eigenvalue weighted by Crippen LogP contribution is 2.28. The molecule has 228 valence electrons. The standard InChI is InChI=1S/C33H33N3O7S/c1-21-7-17-28(19-22(21)2)44(40,41)36-24-9-11-25(12-10-24)42-26-13-15-27(16-14-26)43-31-18-8-23(20-34-31)32(37)35-30-6-4-3-5-29(30)33(38)39/h3-8,13-20,24-25,36H,9-12H2,1-2H3,(H,35,37)(H,38,39). The van der Waals surface area contributed by atoms with Gasteiger partial charge in [-0.2, -0.15) is 0 Å². The highest BCUT2D eigenvalue weighted by Gasteiger charge is 2.27. The molecule has 44 heavy (non-hydrogen) atoms. The van der Waals surface area contributed by atoms with E-state index in [1.165, 1.54) is 24.4 Å². The average Bonchev–Trinajstić information content (AvgIpc) is 3.01. The summed E-state index contributed by atoms with van der Waals surface area (Å²) in [5, 5.41) is 11.9. The minimum Gasteiger partial charge on any atom is -0.490 e. The average molecular weight is 616 g/mol. The van der Waals surface area contributed by atoms with Gasteiger partial charge < -0.3 is 19.9 Å². The van der Waals surface area contributed by atoms with Crippen LogP contribution < -0.4 is 19.5 Å². The molecule has 0 bridgehead atoms. The van der Waals surface area contributed by atoms with E-state index in [2.05, 4.69) is 15.0 Å². The van der Waals surface area contributed by atoms with E-state index in [0.29, 0.717) is 24.3 Å². The number of sulfonamides is 1. The zero-order valence-electron chi connectivity index (χ0n) is 24.3. The van der Waals surface area contributed by atoms with Gasteiger partial charge in [0.1, 0.15) is 11.5 Å². The highest BCUT2D eigenvalue weighted by atomic mass is 32.2. The number of carboxylic acid groups (broad SMARTS) is 1. The number of para-hydroxylation sites is 1. The minimum absolute atomic E-state index is 0.00901. The van der Waals surface area contributed by atoms with Crippen molar-refractivity contribution in [3.05, 3.63) is 107 Å². The third kappa shape index (κ3) is 7.61. The lowest BCUT2D eigenvalue weighted by Crippen LogP contribution is -2.39. The lowest BCUT2D eigenvalue weighted by atomic mass is 9.94. The molecule has 0 atom stereocenters. The molecule has 1 aromatic heterocycles. The van der Waals surface area contributed by atoms with Gasteiger partial charge in [0.15, 0.2) is 0 Å². The number of aromatic nitrogens is 1. The van der Waals surface area contributed by atoms with Crippen LogP contribution in [0.4, 0.5) is 5.69 Å². The van der Waals surface area contributed by atoms with Crippen LogP contribution in [0.25, 0.3) is 0 Å². The molecule has 1 heterocycles. The Bertz CT molecular complexity index is 1750. The molecule has 1 fully saturated rings. The lowest BCUT2D eigenvalue weighted by molar-refractivity contribution is 0.0698. The van der Waals surface area contributed by atoms with Crippen LogP contribution in [0.5, 0.6) is 17.4 Å². The van der Waals surface area contributed by atoms with Crippen molar-refractivity contribution in [3.8, 4) is 17.4 Å². The van der Waals surface area contributed by atoms with E-state index in [1.54, 1.807) is 54.6 Å². The monoisotopic (exact) mass is 615 g/mol. The number of hydrogen-bond acceptors (Lipinski definition) is 7. The van der Waals surface area contributed by atoms with Crippen molar-refractivity contribution >= 4 is 27.6 Å². The molecular formula is C33H33N3O7S. The maximum absolute atomic E-state index is 12.9. The molecule has 3 aromatic carbocycles. The molecule has 1 aliphatic carbocycles. The van der Waals surface area contributed by atoms with Crippen molar-refractivity contribution in [1.82, 2.24) is 9.71 Å². The predicted molar refractivity (Wildman–Crippen MR) is 165 cm³/mol. The Hall–Kier alpha value is -4.74. The molecule has 0 unspecified atom stereocenters. The van der Waals surface area contributed by atoms with Gasteiger partial charge in [-0.15, -0.1) is 0 Å². The van der Waals surface area contributed by atoms with Gasteiger partial charge in [-0.1, -0.05) is 18.2 Å². The second-order valence-corrected chi connectivity index (χ2v) is 12.4. The fraction of sp³-hybridized carbons (Fsp3) is 0.242. The Morgan fingerprint density at radius 2 is 1.57 bits per heavy atom. The molecule has 11 heteroatoms. The molecule has 0 saturated heterocycles. The Balaban J connectivity index is 1.10. The number of carbonyl (C=O) groups excluding carboxylic acids is 1. The molecule has 0 radical (unpaired) electrons. The molecule has 4 aromatic rings. The van der Waals surface area contributed by atoms with Gasteiger partial charge in [0.05, 0.1) is 27.8 Å². The summed E-state index contributed by atoms with van der Waals surface area (Å²) < 4.78 is 40.5. The summed E-state index contributed by atoms with van der Waals surface area (Å²) >= 11 is 0. The summed E-state index contributed by atoms with van der Waals surface area (Å²) in [5.74, 6) is -0.143. The smallest absolute Gasteiger partial charge is 0.337 e. The van der Waals surface area contributed by atoms with Crippen molar-refractivity contribution in [3.63, 3.8) is 0 Å². The molecule has 0 aliphatic heterocycles. The number of aromatic carboxylic acids is 1. The summed E-state index contributed by atoms with van der Waals surface area (Å²) in [7, 11) is -3.58. The molecule has 1 amide bonds. The summed E-state index contributed by atoms with van der Waals surface area (Å²) in [6, 6.07) is 21.4. The van der Waals surface area contributed by atoms with Crippen LogP contribution in [0.1, 0.15) is 57.5 Å². The van der Waals surface area contributed by atoms with E-state index in [1.807, 2.05) is 19.9 Å². The molecular weight excluding hydrogens is 582 g/mol. The van der Waals surface area contributed by atoms with Gasteiger partial charge in [-0.05, 0) is 105 Å². The van der Waals surface area contributed by atoms with Gasteiger partial charge in [0.25, 0.3) is 5.91 Å². The number of nitrogens with zero attached hydrogens (tertiary/aromatic N) is 1. The van der Waals surface area contributed by atoms with E-state index in [-0.39, 0.29) is 39.7 Å². The first-order chi connectivity index (χ1) is 21.1. The van der Waals surface area contributed by atoms with Crippen LogP contribution in [-0.4, -0.2) is 42.5 Å². The quantitative estimate of drug-likeness (QED) is 0.194. The molecule has 5 rings (SSSR count). The van der Waals surface area contributed by atoms with E-state index in [9.17, 15) is 23.1 Å². The van der Waals surface area contributed by atoms with E-state index in [4.69, 9.17) is 9.47 Å². The maximum Gasteiger partial charge on any atom is 0.337 e. The number of aryl methyl sites for hydroxylation is 2. The lowest BCUT2D eigenvalue weighted by Gasteiger charge is -2.29. The highest BCUT2D eigenvalue weighted by molar-refractivity contribution is 7.89. The fourth-order valence-electron chi connectivity index (χ4n) is 4.91. The maximum atomic E-state index is 12.9. The van der Waals surface area contributed by atoms with Gasteiger partial charge >= 0.3 is 5.97 Å². The largest absolute Gasteiger partial charge is 0.490 e. The second-order valence-electron chi connectivity index (χ2n) is 10.7. The van der Waals surface area contributed by atoms with Crippen molar-refractivity contribution in [2.75, 3.05) is 5.32 Å². The Kier molecular flexibility index (Phi) is 9.26. The van der Waals surface area contributed by atoms with Crippen molar-refractivity contribution in [1.29, 1.82) is 0 Å². The van der Waals surface area contributed by atoms with Gasteiger partial charge in [-0.3, -0.25) is 4.79 Å². The zero-order chi connectivity index (χ0) is 31.3. The first-order valence-corrected chi connectivity index (χ1v) is 15.7. The van der Waals surface area contributed by atoms with Crippen LogP contribution in [-0.2, 0) is 10.0 Å². The fourth-order valence-corrected chi connectivity index (χ4v) is 6.30. The zero-order valence-corrected chi connectivity index (χ0v) is 25.1. The van der Waals surface area contributed by atoms with Crippen LogP contribution >= 0.6 is 0 Å². The van der Waals surface area contributed by atoms with E-state index >= 15 is 0 Å². The van der Waals surface area contributed by atoms with Crippen LogP contribution in [0.3, 0.4) is 0 Å². The van der Waals surface area contributed by atoms with Crippen molar-refractivity contribution < 1.29 is 32.6 Å². The minimum atomic E-state index is -3.58. The summed E-state index contributed by atoms with van der Waals surface area (Å²) in [6.45, 7) is 3.86. The number of hydrogen-bond donors (Lipinski definition) is 3. The number of rotatable bonds is 10. The summed E-state index contributed by atoms with van der Waals surface area (Å²) in [6.07, 6.45) is 4.15. The van der Waals surface area contributed by atoms with Gasteiger partial charge in [0, 0.05) is 18.3 Å². The first kappa shape index (κ1) is 30.7. The Morgan fingerprint density at radius 1 is 0.864 bits per heavy atom. The molecule has 3 N–H and O–H groups in total. The van der Waals surface area contributed by atoms with E-state index < -0.39 is 21.9 Å². The van der Waals surface area contributed by atoms with E-state index in [0.717, 1.165) is 24.0 Å². The van der Waals surface area contributed by atoms with Crippen LogP contribution in [0.2, 0.25) is 0 Å². The van der Waals surface area contributed by atoms with Crippen LogP contribution in [0, 0.1) is 13.8 Å². The SMILES string of the molecule is Cc1ccc(S(=O)(=O)NC2CCC(Oc3ccc(Oc4ccc(C(=O)Nc5ccccc5C(=O)O)cn4)cc3)CC2)cc1C. The van der Waals surface area contributed by atoms with Crippen molar-refractivity contribution in [2.45, 2.75) is 56.6 Å². The first-order valence-electron chi connectivity index (χ1n) is 14.2. The third-order valence-corrected chi connectivity index (χ3v) is 9.06. The molecule has 1 aliphatic rings. The number of carboxylic acids is 1. The predicted octanol–water partition coefficient (Wildman–Crippen LogP) is 6.11. The van der Waals surface area contributed by atoms with Crippen LogP contribution in [0.15, 0.2) is 90.0 Å². The number of anilines is 1. The Morgan fingerprint density at radius 3 is 2.23 bits per heavy atom. The topological polar surface area (TPSA) is 144 Å². The normalized spacial score (nSPS) is 16.6. The van der Waals surface area contributed by atoms with Gasteiger partial charge in [0.2, 0.25) is 15.9 Å². The molecule has 0 spiro atoms. The number of benzene rings is 3. The number of amides is 1. The summed E-state index contributed by atoms with van der Waals surface area (Å²) in [4.78, 5) is 28.4. The molecule has 10 nitrogen and oxygen atoms in total. The second kappa shape index (κ2) is 13.3. The number of carbonyl (C=O) groups is 2. The van der Waals surface area contributed by atoms with Crippen molar-refractivity contribution in [2.24, 2.45) is 0 Å². The Labute approximate surface area is 256 Å².